The van der Waals surface area contributed by atoms with E-state index in [1.54, 1.807) is 32.0 Å². The molecule has 0 bridgehead atoms. The highest BCUT2D eigenvalue weighted by molar-refractivity contribution is 5.79. The van der Waals surface area contributed by atoms with Crippen LogP contribution in [0.2, 0.25) is 0 Å². The van der Waals surface area contributed by atoms with Crippen molar-refractivity contribution in [2.24, 2.45) is 11.8 Å². The molecule has 0 fully saturated rings. The minimum atomic E-state index is -0.769. The summed E-state index contributed by atoms with van der Waals surface area (Å²) in [7, 11) is 1.28. The lowest BCUT2D eigenvalue weighted by atomic mass is 10.0. The number of nitrogens with one attached hydrogen (secondary N) is 1. The molecule has 3 atom stereocenters. The molecule has 0 spiro atoms. The van der Waals surface area contributed by atoms with Gasteiger partial charge in [-0.3, -0.25) is 14.4 Å². The molecule has 1 rings (SSSR count). The molecule has 0 saturated heterocycles. The van der Waals surface area contributed by atoms with Gasteiger partial charge in [-0.1, -0.05) is 66.4 Å². The lowest BCUT2D eigenvalue weighted by Gasteiger charge is -2.19. The Morgan fingerprint density at radius 3 is 1.95 bits per heavy atom. The lowest BCUT2D eigenvalue weighted by molar-refractivity contribution is -0.143. The van der Waals surface area contributed by atoms with Crippen molar-refractivity contribution >= 4 is 24.1 Å². The summed E-state index contributed by atoms with van der Waals surface area (Å²) in [5, 5.41) is 3.02. The molecule has 226 valence electrons. The van der Waals surface area contributed by atoms with Crippen LogP contribution < -0.4 is 14.8 Å². The number of rotatable bonds is 19. The van der Waals surface area contributed by atoms with Crippen molar-refractivity contribution in [1.82, 2.24) is 5.32 Å². The molecule has 10 heteroatoms. The van der Waals surface area contributed by atoms with Crippen molar-refractivity contribution < 1.29 is 42.9 Å². The standard InChI is InChI=1S/C30H47NO9/c1-7-10-11-17-37-30(35)38-18-16-31-24(29(34)36-6)19-23-14-15-25(39-27(32)21(4)12-8-2)26(20-23)40-28(33)22(5)13-9-3/h14-15,20-22,24,31H,7-13,16-19H2,1-6H3/t21?,22?,24-/m0/s1. The second-order valence-electron chi connectivity index (χ2n) is 9.89. The Morgan fingerprint density at radius 2 is 1.38 bits per heavy atom. The second-order valence-corrected chi connectivity index (χ2v) is 9.89. The molecule has 40 heavy (non-hydrogen) atoms. The van der Waals surface area contributed by atoms with Crippen LogP contribution in [-0.4, -0.2) is 57.0 Å². The summed E-state index contributed by atoms with van der Waals surface area (Å²) in [5.41, 5.74) is 0.645. The maximum atomic E-state index is 12.7. The van der Waals surface area contributed by atoms with E-state index in [1.165, 1.54) is 7.11 Å². The summed E-state index contributed by atoms with van der Waals surface area (Å²) in [4.78, 5) is 49.4. The molecule has 1 N–H and O–H groups in total. The Balaban J connectivity index is 2.96. The first-order chi connectivity index (χ1) is 19.2. The van der Waals surface area contributed by atoms with Crippen molar-refractivity contribution in [3.63, 3.8) is 0 Å². The Bertz CT molecular complexity index is 934. The predicted molar refractivity (Wildman–Crippen MR) is 150 cm³/mol. The molecule has 1 aromatic carbocycles. The van der Waals surface area contributed by atoms with Gasteiger partial charge >= 0.3 is 24.1 Å². The quantitative estimate of drug-likeness (QED) is 0.133. The highest BCUT2D eigenvalue weighted by atomic mass is 16.7. The highest BCUT2D eigenvalue weighted by Gasteiger charge is 2.24. The number of hydrogen-bond acceptors (Lipinski definition) is 10. The van der Waals surface area contributed by atoms with Crippen LogP contribution in [0.25, 0.3) is 0 Å². The van der Waals surface area contributed by atoms with Crippen LogP contribution in [0.3, 0.4) is 0 Å². The fourth-order valence-electron chi connectivity index (χ4n) is 3.90. The number of carbonyl (C=O) groups excluding carboxylic acids is 4. The third-order valence-corrected chi connectivity index (χ3v) is 6.28. The van der Waals surface area contributed by atoms with E-state index in [0.29, 0.717) is 25.0 Å². The summed E-state index contributed by atoms with van der Waals surface area (Å²) < 4.78 is 26.2. The summed E-state index contributed by atoms with van der Waals surface area (Å²) in [6.07, 6.45) is 5.17. The number of carbonyl (C=O) groups is 4. The smallest absolute Gasteiger partial charge is 0.468 e. The molecule has 1 aromatic rings. The van der Waals surface area contributed by atoms with Crippen LogP contribution in [0, 0.1) is 11.8 Å². The predicted octanol–water partition coefficient (Wildman–Crippen LogP) is 5.39. The molecule has 0 amide bonds. The third-order valence-electron chi connectivity index (χ3n) is 6.28. The number of methoxy groups -OCH3 is 1. The lowest BCUT2D eigenvalue weighted by Crippen LogP contribution is -2.41. The third kappa shape index (κ3) is 13.3. The molecule has 2 unspecified atom stereocenters. The van der Waals surface area contributed by atoms with Gasteiger partial charge in [0.15, 0.2) is 11.5 Å². The molecule has 0 aromatic heterocycles. The zero-order valence-corrected chi connectivity index (χ0v) is 24.9. The van der Waals surface area contributed by atoms with Crippen LogP contribution in [-0.2, 0) is 35.0 Å². The van der Waals surface area contributed by atoms with Gasteiger partial charge in [0.2, 0.25) is 0 Å². The van der Waals surface area contributed by atoms with E-state index in [0.717, 1.165) is 32.1 Å². The van der Waals surface area contributed by atoms with Gasteiger partial charge in [0.25, 0.3) is 0 Å². The van der Waals surface area contributed by atoms with Crippen LogP contribution in [0.1, 0.15) is 85.1 Å². The minimum absolute atomic E-state index is 0.00309. The van der Waals surface area contributed by atoms with Crippen molar-refractivity contribution in [3.8, 4) is 11.5 Å². The number of benzene rings is 1. The monoisotopic (exact) mass is 565 g/mol. The molecule has 10 nitrogen and oxygen atoms in total. The van der Waals surface area contributed by atoms with Gasteiger partial charge in [-0.2, -0.15) is 0 Å². The first-order valence-electron chi connectivity index (χ1n) is 14.3. The van der Waals surface area contributed by atoms with E-state index in [4.69, 9.17) is 23.7 Å². The molecule has 0 heterocycles. The fraction of sp³-hybridized carbons (Fsp3) is 0.667. The average molecular weight is 566 g/mol. The maximum absolute atomic E-state index is 12.7. The van der Waals surface area contributed by atoms with E-state index < -0.39 is 30.1 Å². The largest absolute Gasteiger partial charge is 0.508 e. The summed E-state index contributed by atoms with van der Waals surface area (Å²) >= 11 is 0. The van der Waals surface area contributed by atoms with Crippen LogP contribution in [0.4, 0.5) is 4.79 Å². The van der Waals surface area contributed by atoms with Gasteiger partial charge in [-0.15, -0.1) is 0 Å². The fourth-order valence-corrected chi connectivity index (χ4v) is 3.90. The summed E-state index contributed by atoms with van der Waals surface area (Å²) in [6, 6.07) is 4.08. The SMILES string of the molecule is CCCCCOC(=O)OCCN[C@@H](Cc1ccc(OC(=O)C(C)CCC)c(OC(=O)C(C)CCC)c1)C(=O)OC. The minimum Gasteiger partial charge on any atom is -0.468 e. The van der Waals surface area contributed by atoms with Crippen molar-refractivity contribution in [3.05, 3.63) is 23.8 Å². The average Bonchev–Trinajstić information content (AvgIpc) is 2.93. The van der Waals surface area contributed by atoms with Crippen molar-refractivity contribution in [2.45, 2.75) is 92.0 Å². The Kier molecular flexibility index (Phi) is 17.3. The van der Waals surface area contributed by atoms with Gasteiger partial charge in [0.1, 0.15) is 12.6 Å². The molecule has 0 aliphatic rings. The number of unbranched alkanes of at least 4 members (excludes halogenated alkanes) is 2. The highest BCUT2D eigenvalue weighted by Crippen LogP contribution is 2.31. The first kappa shape index (κ1) is 34.9. The van der Waals surface area contributed by atoms with Crippen LogP contribution in [0.15, 0.2) is 18.2 Å². The number of hydrogen-bond donors (Lipinski definition) is 1. The number of ether oxygens (including phenoxy) is 5. The Hall–Kier alpha value is -3.14. The van der Waals surface area contributed by atoms with Gasteiger partial charge in [0, 0.05) is 6.54 Å². The summed E-state index contributed by atoms with van der Waals surface area (Å²) in [5.74, 6) is -1.75. The summed E-state index contributed by atoms with van der Waals surface area (Å²) in [6.45, 7) is 10.1. The van der Waals surface area contributed by atoms with Gasteiger partial charge in [-0.05, 0) is 43.4 Å². The van der Waals surface area contributed by atoms with Crippen molar-refractivity contribution in [1.29, 1.82) is 0 Å². The molecular formula is C30H47NO9. The molecule has 0 aliphatic carbocycles. The van der Waals surface area contributed by atoms with E-state index in [-0.39, 0.29) is 42.9 Å². The first-order valence-corrected chi connectivity index (χ1v) is 14.3. The zero-order valence-electron chi connectivity index (χ0n) is 24.9. The van der Waals surface area contributed by atoms with E-state index in [2.05, 4.69) is 12.2 Å². The topological polar surface area (TPSA) is 126 Å². The van der Waals surface area contributed by atoms with Gasteiger partial charge < -0.3 is 29.0 Å². The van der Waals surface area contributed by atoms with Crippen LogP contribution >= 0.6 is 0 Å². The maximum Gasteiger partial charge on any atom is 0.508 e. The van der Waals surface area contributed by atoms with E-state index >= 15 is 0 Å². The second kappa shape index (κ2) is 19.8. The molecule has 0 radical (unpaired) electrons. The Labute approximate surface area is 238 Å². The van der Waals surface area contributed by atoms with Gasteiger partial charge in [-0.25, -0.2) is 4.79 Å². The zero-order chi connectivity index (χ0) is 29.9. The molecular weight excluding hydrogens is 518 g/mol. The molecule has 0 aliphatic heterocycles. The Morgan fingerprint density at radius 1 is 0.775 bits per heavy atom. The normalized spacial score (nSPS) is 13.1. The number of esters is 3. The molecule has 0 saturated carbocycles. The van der Waals surface area contributed by atoms with Crippen molar-refractivity contribution in [2.75, 3.05) is 26.9 Å². The van der Waals surface area contributed by atoms with Crippen LogP contribution in [0.5, 0.6) is 11.5 Å². The van der Waals surface area contributed by atoms with E-state index in [1.807, 2.05) is 13.8 Å². The van der Waals surface area contributed by atoms with E-state index in [9.17, 15) is 19.2 Å². The van der Waals surface area contributed by atoms with Gasteiger partial charge in [0.05, 0.1) is 25.6 Å².